The van der Waals surface area contributed by atoms with E-state index in [-0.39, 0.29) is 10.8 Å². The Balaban J connectivity index is 1.70. The maximum absolute atomic E-state index is 13.0. The van der Waals surface area contributed by atoms with Crippen LogP contribution in [-0.2, 0) is 16.6 Å². The first-order valence-electron chi connectivity index (χ1n) is 8.73. The van der Waals surface area contributed by atoms with Gasteiger partial charge in [-0.15, -0.1) is 0 Å². The number of hydrogen-bond donors (Lipinski definition) is 1. The van der Waals surface area contributed by atoms with Gasteiger partial charge in [0.2, 0.25) is 0 Å². The molecule has 0 aliphatic carbocycles. The van der Waals surface area contributed by atoms with Gasteiger partial charge in [0.25, 0.3) is 15.9 Å². The number of nitrogens with zero attached hydrogens (tertiary/aromatic N) is 2. The van der Waals surface area contributed by atoms with Gasteiger partial charge in [-0.25, -0.2) is 12.8 Å². The fraction of sp³-hybridized carbons (Fsp3) is 0.200. The Bertz CT molecular complexity index is 1100. The van der Waals surface area contributed by atoms with E-state index in [9.17, 15) is 17.6 Å². The molecule has 0 saturated heterocycles. The van der Waals surface area contributed by atoms with Crippen LogP contribution in [0.1, 0.15) is 27.4 Å². The minimum absolute atomic E-state index is 0.0572. The van der Waals surface area contributed by atoms with Crippen molar-refractivity contribution >= 4 is 21.6 Å². The second-order valence-electron chi connectivity index (χ2n) is 6.60. The SMILES string of the molecule is Cc1noc(C)c1CN(C)C(=O)c1ccc(NS(=O)(=O)c2ccc(F)cc2)cc1. The van der Waals surface area contributed by atoms with Crippen LogP contribution in [0.2, 0.25) is 0 Å². The van der Waals surface area contributed by atoms with Crippen LogP contribution in [0.4, 0.5) is 10.1 Å². The van der Waals surface area contributed by atoms with Gasteiger partial charge >= 0.3 is 0 Å². The Labute approximate surface area is 168 Å². The molecule has 0 radical (unpaired) electrons. The number of anilines is 1. The molecule has 152 valence electrons. The predicted molar refractivity (Wildman–Crippen MR) is 105 cm³/mol. The van der Waals surface area contributed by atoms with Crippen LogP contribution in [0.25, 0.3) is 0 Å². The van der Waals surface area contributed by atoms with E-state index in [1.54, 1.807) is 14.0 Å². The summed E-state index contributed by atoms with van der Waals surface area (Å²) in [5, 5.41) is 3.88. The third-order valence-corrected chi connectivity index (χ3v) is 5.83. The molecule has 0 saturated carbocycles. The van der Waals surface area contributed by atoms with Crippen LogP contribution >= 0.6 is 0 Å². The van der Waals surface area contributed by atoms with Gasteiger partial charge in [0, 0.05) is 23.9 Å². The third kappa shape index (κ3) is 4.62. The number of benzene rings is 2. The molecule has 0 unspecified atom stereocenters. The van der Waals surface area contributed by atoms with E-state index in [0.717, 1.165) is 23.4 Å². The summed E-state index contributed by atoms with van der Waals surface area (Å²) in [6, 6.07) is 10.6. The molecule has 3 aromatic rings. The summed E-state index contributed by atoms with van der Waals surface area (Å²) in [6.07, 6.45) is 0. The number of amides is 1. The number of hydrogen-bond acceptors (Lipinski definition) is 5. The average Bonchev–Trinajstić information content (AvgIpc) is 3.00. The summed E-state index contributed by atoms with van der Waals surface area (Å²) in [4.78, 5) is 14.1. The second kappa shape index (κ2) is 8.04. The highest BCUT2D eigenvalue weighted by atomic mass is 32.2. The highest BCUT2D eigenvalue weighted by Gasteiger charge is 2.18. The first-order valence-corrected chi connectivity index (χ1v) is 10.2. The standard InChI is InChI=1S/C20H20FN3O4S/c1-13-19(14(2)28-22-13)12-24(3)20(25)15-4-8-17(9-5-15)23-29(26,27)18-10-6-16(21)7-11-18/h4-11,23H,12H2,1-3H3. The van der Waals surface area contributed by atoms with Crippen LogP contribution in [-0.4, -0.2) is 31.4 Å². The van der Waals surface area contributed by atoms with Gasteiger partial charge in [-0.1, -0.05) is 5.16 Å². The quantitative estimate of drug-likeness (QED) is 0.663. The molecule has 0 spiro atoms. The molecule has 29 heavy (non-hydrogen) atoms. The maximum Gasteiger partial charge on any atom is 0.261 e. The minimum Gasteiger partial charge on any atom is -0.361 e. The van der Waals surface area contributed by atoms with Crippen molar-refractivity contribution in [2.24, 2.45) is 0 Å². The second-order valence-corrected chi connectivity index (χ2v) is 8.28. The van der Waals surface area contributed by atoms with Gasteiger partial charge in [0.15, 0.2) is 0 Å². The molecule has 1 aromatic heterocycles. The number of aromatic nitrogens is 1. The van der Waals surface area contributed by atoms with Gasteiger partial charge in [0.1, 0.15) is 11.6 Å². The monoisotopic (exact) mass is 417 g/mol. The number of nitrogens with one attached hydrogen (secondary N) is 1. The van der Waals surface area contributed by atoms with Gasteiger partial charge in [0.05, 0.1) is 17.1 Å². The van der Waals surface area contributed by atoms with Crippen molar-refractivity contribution in [3.63, 3.8) is 0 Å². The van der Waals surface area contributed by atoms with E-state index >= 15 is 0 Å². The van der Waals surface area contributed by atoms with Gasteiger partial charge in [-0.05, 0) is 62.4 Å². The van der Waals surface area contributed by atoms with Crippen LogP contribution < -0.4 is 4.72 Å². The maximum atomic E-state index is 13.0. The fourth-order valence-electron chi connectivity index (χ4n) is 2.77. The van der Waals surface area contributed by atoms with Crippen molar-refractivity contribution in [2.45, 2.75) is 25.3 Å². The lowest BCUT2D eigenvalue weighted by Gasteiger charge is -2.17. The normalized spacial score (nSPS) is 11.3. The molecule has 0 atom stereocenters. The highest BCUT2D eigenvalue weighted by Crippen LogP contribution is 2.19. The molecule has 0 fully saturated rings. The third-order valence-electron chi connectivity index (χ3n) is 4.43. The number of aryl methyl sites for hydroxylation is 2. The molecule has 0 bridgehead atoms. The zero-order chi connectivity index (χ0) is 21.2. The summed E-state index contributed by atoms with van der Waals surface area (Å²) in [5.41, 5.74) is 2.28. The van der Waals surface area contributed by atoms with Crippen molar-refractivity contribution < 1.29 is 22.1 Å². The van der Waals surface area contributed by atoms with Crippen LogP contribution in [0.15, 0.2) is 57.9 Å². The lowest BCUT2D eigenvalue weighted by molar-refractivity contribution is 0.0784. The zero-order valence-corrected chi connectivity index (χ0v) is 17.0. The number of sulfonamides is 1. The van der Waals surface area contributed by atoms with Gasteiger partial charge in [-0.3, -0.25) is 9.52 Å². The Kier molecular flexibility index (Phi) is 5.69. The lowest BCUT2D eigenvalue weighted by Crippen LogP contribution is -2.26. The van der Waals surface area contributed by atoms with Crippen molar-refractivity contribution in [3.8, 4) is 0 Å². The number of halogens is 1. The summed E-state index contributed by atoms with van der Waals surface area (Å²) >= 11 is 0. The van der Waals surface area contributed by atoms with E-state index < -0.39 is 15.8 Å². The summed E-state index contributed by atoms with van der Waals surface area (Å²) in [5.74, 6) is -0.0850. The van der Waals surface area contributed by atoms with Crippen molar-refractivity contribution in [1.82, 2.24) is 10.1 Å². The van der Waals surface area contributed by atoms with E-state index in [1.165, 1.54) is 41.3 Å². The van der Waals surface area contributed by atoms with Gasteiger partial charge < -0.3 is 9.42 Å². The van der Waals surface area contributed by atoms with E-state index in [1.807, 2.05) is 6.92 Å². The molecule has 1 N–H and O–H groups in total. The lowest BCUT2D eigenvalue weighted by atomic mass is 10.1. The molecular weight excluding hydrogens is 397 g/mol. The molecule has 1 heterocycles. The average molecular weight is 417 g/mol. The van der Waals surface area contributed by atoms with Crippen molar-refractivity contribution in [1.29, 1.82) is 0 Å². The van der Waals surface area contributed by atoms with Crippen LogP contribution in [0.3, 0.4) is 0 Å². The first kappa shape index (κ1) is 20.5. The van der Waals surface area contributed by atoms with Crippen molar-refractivity contribution in [2.75, 3.05) is 11.8 Å². The smallest absolute Gasteiger partial charge is 0.261 e. The molecule has 7 nitrogen and oxygen atoms in total. The van der Waals surface area contributed by atoms with E-state index in [2.05, 4.69) is 9.88 Å². The Hall–Kier alpha value is -3.20. The molecule has 3 rings (SSSR count). The summed E-state index contributed by atoms with van der Waals surface area (Å²) < 4.78 is 45.2. The predicted octanol–water partition coefficient (Wildman–Crippen LogP) is 3.50. The number of rotatable bonds is 6. The Morgan fingerprint density at radius 2 is 1.72 bits per heavy atom. The molecule has 2 aromatic carbocycles. The molecule has 0 aliphatic rings. The molecule has 0 aliphatic heterocycles. The number of carbonyl (C=O) groups excluding carboxylic acids is 1. The zero-order valence-electron chi connectivity index (χ0n) is 16.1. The van der Waals surface area contributed by atoms with Crippen LogP contribution in [0.5, 0.6) is 0 Å². The number of carbonyl (C=O) groups is 1. The molecule has 9 heteroatoms. The van der Waals surface area contributed by atoms with E-state index in [0.29, 0.717) is 23.6 Å². The summed E-state index contributed by atoms with van der Waals surface area (Å²) in [6.45, 7) is 3.95. The summed E-state index contributed by atoms with van der Waals surface area (Å²) in [7, 11) is -2.19. The van der Waals surface area contributed by atoms with Gasteiger partial charge in [-0.2, -0.15) is 0 Å². The Morgan fingerprint density at radius 3 is 2.28 bits per heavy atom. The minimum atomic E-state index is -3.85. The Morgan fingerprint density at radius 1 is 1.10 bits per heavy atom. The van der Waals surface area contributed by atoms with Crippen molar-refractivity contribution in [3.05, 3.63) is 76.9 Å². The molecular formula is C20H20FN3O4S. The largest absolute Gasteiger partial charge is 0.361 e. The fourth-order valence-corrected chi connectivity index (χ4v) is 3.82. The van der Waals surface area contributed by atoms with Crippen LogP contribution in [0, 0.1) is 19.7 Å². The topological polar surface area (TPSA) is 92.5 Å². The van der Waals surface area contributed by atoms with E-state index in [4.69, 9.17) is 4.52 Å². The molecule has 1 amide bonds. The highest BCUT2D eigenvalue weighted by molar-refractivity contribution is 7.92. The first-order chi connectivity index (χ1) is 13.7.